The van der Waals surface area contributed by atoms with Crippen molar-refractivity contribution in [2.45, 2.75) is 17.9 Å². The molecule has 0 aliphatic carbocycles. The van der Waals surface area contributed by atoms with Gasteiger partial charge in [-0.15, -0.1) is 11.3 Å². The van der Waals surface area contributed by atoms with E-state index in [4.69, 9.17) is 0 Å². The summed E-state index contributed by atoms with van der Waals surface area (Å²) in [5.74, 6) is 0.504. The maximum absolute atomic E-state index is 13.0. The molecule has 0 N–H and O–H groups in total. The summed E-state index contributed by atoms with van der Waals surface area (Å²) in [6.45, 7) is 0.784. The highest BCUT2D eigenvalue weighted by Gasteiger charge is 2.22. The van der Waals surface area contributed by atoms with Crippen LogP contribution in [0.15, 0.2) is 72.0 Å². The average Bonchev–Trinajstić information content (AvgIpc) is 3.23. The van der Waals surface area contributed by atoms with Crippen molar-refractivity contribution in [3.05, 3.63) is 72.6 Å². The van der Waals surface area contributed by atoms with Crippen LogP contribution in [-0.2, 0) is 11.2 Å². The summed E-state index contributed by atoms with van der Waals surface area (Å²) in [7, 11) is 0. The SMILES string of the molecule is O=C(CSc1ncnc2sc(-c3ccccc3)cc12)N1CCCc2ccccc21. The van der Waals surface area contributed by atoms with Gasteiger partial charge in [0.1, 0.15) is 16.2 Å². The van der Waals surface area contributed by atoms with Crippen molar-refractivity contribution >= 4 is 44.9 Å². The lowest BCUT2D eigenvalue weighted by Gasteiger charge is -2.29. The predicted molar refractivity (Wildman–Crippen MR) is 121 cm³/mol. The maximum atomic E-state index is 13.0. The van der Waals surface area contributed by atoms with Gasteiger partial charge in [0.25, 0.3) is 0 Å². The van der Waals surface area contributed by atoms with E-state index >= 15 is 0 Å². The quantitative estimate of drug-likeness (QED) is 0.328. The highest BCUT2D eigenvalue weighted by atomic mass is 32.2. The van der Waals surface area contributed by atoms with Crippen LogP contribution in [0.2, 0.25) is 0 Å². The van der Waals surface area contributed by atoms with Gasteiger partial charge in [-0.1, -0.05) is 60.3 Å². The Hall–Kier alpha value is -2.70. The van der Waals surface area contributed by atoms with Crippen LogP contribution in [0.5, 0.6) is 0 Å². The van der Waals surface area contributed by atoms with Crippen LogP contribution >= 0.6 is 23.1 Å². The van der Waals surface area contributed by atoms with Gasteiger partial charge in [0, 0.05) is 22.5 Å². The van der Waals surface area contributed by atoms with Gasteiger partial charge in [-0.3, -0.25) is 4.79 Å². The number of thioether (sulfide) groups is 1. The zero-order valence-corrected chi connectivity index (χ0v) is 17.4. The third-order valence-electron chi connectivity index (χ3n) is 5.09. The molecule has 29 heavy (non-hydrogen) atoms. The molecule has 144 valence electrons. The smallest absolute Gasteiger partial charge is 0.237 e. The minimum Gasteiger partial charge on any atom is -0.311 e. The average molecular weight is 418 g/mol. The van der Waals surface area contributed by atoms with E-state index in [0.717, 1.165) is 40.3 Å². The van der Waals surface area contributed by atoms with Gasteiger partial charge in [-0.05, 0) is 36.1 Å². The van der Waals surface area contributed by atoms with Crippen molar-refractivity contribution in [2.24, 2.45) is 0 Å². The van der Waals surface area contributed by atoms with Gasteiger partial charge in [-0.2, -0.15) is 0 Å². The molecule has 0 radical (unpaired) electrons. The molecule has 1 aliphatic heterocycles. The van der Waals surface area contributed by atoms with Crippen LogP contribution < -0.4 is 4.90 Å². The van der Waals surface area contributed by atoms with E-state index in [2.05, 4.69) is 34.2 Å². The molecule has 1 aliphatic rings. The first-order valence-corrected chi connectivity index (χ1v) is 11.4. The Balaban J connectivity index is 1.37. The van der Waals surface area contributed by atoms with Crippen LogP contribution in [0.25, 0.3) is 20.7 Å². The van der Waals surface area contributed by atoms with E-state index in [-0.39, 0.29) is 5.91 Å². The topological polar surface area (TPSA) is 46.1 Å². The number of anilines is 1. The predicted octanol–water partition coefficient (Wildman–Crippen LogP) is 5.43. The highest BCUT2D eigenvalue weighted by Crippen LogP contribution is 2.36. The minimum absolute atomic E-state index is 0.132. The molecular weight excluding hydrogens is 398 g/mol. The molecule has 2 aromatic heterocycles. The highest BCUT2D eigenvalue weighted by molar-refractivity contribution is 8.00. The van der Waals surface area contributed by atoms with Crippen molar-refractivity contribution in [3.63, 3.8) is 0 Å². The summed E-state index contributed by atoms with van der Waals surface area (Å²) in [6.07, 6.45) is 3.64. The van der Waals surface area contributed by atoms with E-state index < -0.39 is 0 Å². The lowest BCUT2D eigenvalue weighted by molar-refractivity contribution is -0.116. The fourth-order valence-corrected chi connectivity index (χ4v) is 5.61. The first kappa shape index (κ1) is 18.3. The van der Waals surface area contributed by atoms with E-state index in [9.17, 15) is 4.79 Å². The first-order valence-electron chi connectivity index (χ1n) is 9.60. The van der Waals surface area contributed by atoms with E-state index in [1.54, 1.807) is 17.7 Å². The Kier molecular flexibility index (Phi) is 5.04. The molecule has 5 rings (SSSR count). The number of thiophene rings is 1. The van der Waals surface area contributed by atoms with Crippen LogP contribution in [0, 0.1) is 0 Å². The van der Waals surface area contributed by atoms with Crippen LogP contribution in [0.1, 0.15) is 12.0 Å². The molecule has 3 heterocycles. The van der Waals surface area contributed by atoms with Crippen LogP contribution in [0.4, 0.5) is 5.69 Å². The van der Waals surface area contributed by atoms with E-state index in [1.165, 1.54) is 27.8 Å². The molecule has 0 saturated heterocycles. The third-order valence-corrected chi connectivity index (χ3v) is 7.18. The second-order valence-corrected chi connectivity index (χ2v) is 8.94. The largest absolute Gasteiger partial charge is 0.311 e. The molecule has 4 nitrogen and oxygen atoms in total. The summed E-state index contributed by atoms with van der Waals surface area (Å²) in [5.41, 5.74) is 3.48. The van der Waals surface area contributed by atoms with Crippen molar-refractivity contribution in [2.75, 3.05) is 17.2 Å². The second-order valence-electron chi connectivity index (χ2n) is 6.94. The van der Waals surface area contributed by atoms with Crippen LogP contribution in [-0.4, -0.2) is 28.2 Å². The Morgan fingerprint density at radius 3 is 2.79 bits per heavy atom. The number of benzene rings is 2. The molecule has 2 aromatic carbocycles. The van der Waals surface area contributed by atoms with Gasteiger partial charge in [0.15, 0.2) is 0 Å². The lowest BCUT2D eigenvalue weighted by atomic mass is 10.0. The minimum atomic E-state index is 0.132. The van der Waals surface area contributed by atoms with Gasteiger partial charge in [-0.25, -0.2) is 9.97 Å². The molecule has 0 fully saturated rings. The van der Waals surface area contributed by atoms with E-state index in [0.29, 0.717) is 5.75 Å². The summed E-state index contributed by atoms with van der Waals surface area (Å²) in [5, 5.41) is 1.89. The van der Waals surface area contributed by atoms with E-state index in [1.807, 2.05) is 41.3 Å². The van der Waals surface area contributed by atoms with Crippen molar-refractivity contribution in [1.29, 1.82) is 0 Å². The molecule has 4 aromatic rings. The molecule has 0 saturated carbocycles. The van der Waals surface area contributed by atoms with Gasteiger partial charge < -0.3 is 4.90 Å². The third kappa shape index (κ3) is 3.66. The Labute approximate surface area is 177 Å². The number of hydrogen-bond donors (Lipinski definition) is 0. The van der Waals surface area contributed by atoms with Gasteiger partial charge >= 0.3 is 0 Å². The summed E-state index contributed by atoms with van der Waals surface area (Å²) in [4.78, 5) is 25.9. The zero-order chi connectivity index (χ0) is 19.6. The van der Waals surface area contributed by atoms with Crippen LogP contribution in [0.3, 0.4) is 0 Å². The lowest BCUT2D eigenvalue weighted by Crippen LogP contribution is -2.36. The fourth-order valence-electron chi connectivity index (χ4n) is 3.69. The summed E-state index contributed by atoms with van der Waals surface area (Å²) in [6, 6.07) is 20.6. The number of carbonyl (C=O) groups is 1. The van der Waals surface area contributed by atoms with Crippen molar-refractivity contribution in [3.8, 4) is 10.4 Å². The Morgan fingerprint density at radius 2 is 1.90 bits per heavy atom. The molecule has 0 spiro atoms. The molecule has 0 atom stereocenters. The van der Waals surface area contributed by atoms with Gasteiger partial charge in [0.2, 0.25) is 5.91 Å². The Bertz CT molecular complexity index is 1170. The number of fused-ring (bicyclic) bond motifs is 2. The molecule has 0 unspecified atom stereocenters. The summed E-state index contributed by atoms with van der Waals surface area (Å²) < 4.78 is 0. The monoisotopic (exact) mass is 417 g/mol. The standard InChI is InChI=1S/C23H19N3OS2/c27-21(26-12-6-10-16-7-4-5-11-19(16)26)14-28-22-18-13-20(17-8-2-1-3-9-17)29-23(18)25-15-24-22/h1-5,7-9,11,13,15H,6,10,12,14H2. The summed E-state index contributed by atoms with van der Waals surface area (Å²) >= 11 is 3.16. The van der Waals surface area contributed by atoms with Gasteiger partial charge in [0.05, 0.1) is 5.75 Å². The molecule has 1 amide bonds. The first-order chi connectivity index (χ1) is 14.3. The molecule has 0 bridgehead atoms. The fraction of sp³-hybridized carbons (Fsp3) is 0.174. The maximum Gasteiger partial charge on any atom is 0.237 e. The number of aromatic nitrogens is 2. The number of nitrogens with zero attached hydrogens (tertiary/aromatic N) is 3. The second kappa shape index (κ2) is 7.97. The normalized spacial score (nSPS) is 13.4. The Morgan fingerprint density at radius 1 is 1.07 bits per heavy atom. The van der Waals surface area contributed by atoms with Crippen molar-refractivity contribution in [1.82, 2.24) is 9.97 Å². The molecule has 6 heteroatoms. The number of amides is 1. The number of para-hydroxylation sites is 1. The molecular formula is C23H19N3OS2. The van der Waals surface area contributed by atoms with Crippen molar-refractivity contribution < 1.29 is 4.79 Å². The number of rotatable bonds is 4. The number of aryl methyl sites for hydroxylation is 1. The number of hydrogen-bond acceptors (Lipinski definition) is 5. The number of carbonyl (C=O) groups excluding carboxylic acids is 1. The zero-order valence-electron chi connectivity index (χ0n) is 15.7.